The van der Waals surface area contributed by atoms with Crippen LogP contribution in [0.2, 0.25) is 0 Å². The lowest BCUT2D eigenvalue weighted by Crippen LogP contribution is -2.27. The molecule has 0 aliphatic carbocycles. The van der Waals surface area contributed by atoms with Gasteiger partial charge in [-0.15, -0.1) is 0 Å². The molecule has 0 spiro atoms. The summed E-state index contributed by atoms with van der Waals surface area (Å²) in [6.45, 7) is 4.09. The highest BCUT2D eigenvalue weighted by Gasteiger charge is 2.15. The van der Waals surface area contributed by atoms with Crippen LogP contribution in [-0.2, 0) is 6.42 Å². The zero-order chi connectivity index (χ0) is 15.2. The summed E-state index contributed by atoms with van der Waals surface area (Å²) in [6.07, 6.45) is 0.997. The van der Waals surface area contributed by atoms with Gasteiger partial charge in [-0.05, 0) is 42.2 Å². The number of hydrogen-bond donors (Lipinski definition) is 2. The van der Waals surface area contributed by atoms with Crippen molar-refractivity contribution in [3.05, 3.63) is 71.0 Å². The number of aliphatic hydroxyl groups is 1. The summed E-state index contributed by atoms with van der Waals surface area (Å²) in [5, 5.41) is 13.0. The standard InChI is InChI=1S/C18H22FNO/c1-3-14-7-9-15(10-8-14)18(12-21)20-13(2)16-5-4-6-17(19)11-16/h4-11,13,18,20-21H,3,12H2,1-2H3. The molecule has 0 bridgehead atoms. The predicted molar refractivity (Wildman–Crippen MR) is 83.6 cm³/mol. The highest BCUT2D eigenvalue weighted by molar-refractivity contribution is 5.26. The Labute approximate surface area is 125 Å². The summed E-state index contributed by atoms with van der Waals surface area (Å²) >= 11 is 0. The van der Waals surface area contributed by atoms with E-state index in [1.54, 1.807) is 6.07 Å². The molecule has 21 heavy (non-hydrogen) atoms. The van der Waals surface area contributed by atoms with Gasteiger partial charge in [0.05, 0.1) is 12.6 Å². The van der Waals surface area contributed by atoms with E-state index in [-0.39, 0.29) is 24.5 Å². The summed E-state index contributed by atoms with van der Waals surface area (Å²) in [7, 11) is 0. The van der Waals surface area contributed by atoms with E-state index in [2.05, 4.69) is 24.4 Å². The Bertz CT molecular complexity index is 568. The second-order valence-corrected chi connectivity index (χ2v) is 5.27. The summed E-state index contributed by atoms with van der Waals surface area (Å²) in [6, 6.07) is 14.6. The van der Waals surface area contributed by atoms with E-state index >= 15 is 0 Å². The highest BCUT2D eigenvalue weighted by atomic mass is 19.1. The average molecular weight is 287 g/mol. The van der Waals surface area contributed by atoms with Crippen LogP contribution in [-0.4, -0.2) is 11.7 Å². The van der Waals surface area contributed by atoms with Crippen molar-refractivity contribution in [1.29, 1.82) is 0 Å². The molecule has 2 aromatic rings. The Kier molecular flexibility index (Phi) is 5.48. The lowest BCUT2D eigenvalue weighted by molar-refractivity contribution is 0.235. The average Bonchev–Trinajstić information content (AvgIpc) is 2.52. The van der Waals surface area contributed by atoms with Crippen molar-refractivity contribution >= 4 is 0 Å². The number of aliphatic hydroxyl groups excluding tert-OH is 1. The molecule has 0 heterocycles. The summed E-state index contributed by atoms with van der Waals surface area (Å²) in [5.74, 6) is -0.242. The van der Waals surface area contributed by atoms with Crippen molar-refractivity contribution < 1.29 is 9.50 Å². The van der Waals surface area contributed by atoms with Crippen molar-refractivity contribution in [2.75, 3.05) is 6.61 Å². The van der Waals surface area contributed by atoms with Crippen LogP contribution in [0.1, 0.15) is 42.6 Å². The zero-order valence-corrected chi connectivity index (χ0v) is 12.5. The van der Waals surface area contributed by atoms with Crippen molar-refractivity contribution in [1.82, 2.24) is 5.32 Å². The maximum Gasteiger partial charge on any atom is 0.123 e. The Hall–Kier alpha value is -1.71. The van der Waals surface area contributed by atoms with Crippen LogP contribution >= 0.6 is 0 Å². The van der Waals surface area contributed by atoms with Crippen LogP contribution in [0.5, 0.6) is 0 Å². The zero-order valence-electron chi connectivity index (χ0n) is 12.5. The molecule has 0 radical (unpaired) electrons. The van der Waals surface area contributed by atoms with Crippen LogP contribution in [0.25, 0.3) is 0 Å². The molecule has 2 rings (SSSR count). The summed E-state index contributed by atoms with van der Waals surface area (Å²) < 4.78 is 13.3. The fourth-order valence-electron chi connectivity index (χ4n) is 2.41. The van der Waals surface area contributed by atoms with E-state index in [1.807, 2.05) is 25.1 Å². The van der Waals surface area contributed by atoms with Crippen molar-refractivity contribution in [3.63, 3.8) is 0 Å². The van der Waals surface area contributed by atoms with Gasteiger partial charge in [-0.3, -0.25) is 0 Å². The molecule has 2 unspecified atom stereocenters. The Morgan fingerprint density at radius 2 is 1.81 bits per heavy atom. The highest BCUT2D eigenvalue weighted by Crippen LogP contribution is 2.20. The first-order valence-corrected chi connectivity index (χ1v) is 7.35. The fourth-order valence-corrected chi connectivity index (χ4v) is 2.41. The first-order chi connectivity index (χ1) is 10.1. The molecule has 2 N–H and O–H groups in total. The fraction of sp³-hybridized carbons (Fsp3) is 0.333. The first kappa shape index (κ1) is 15.7. The molecule has 0 aliphatic heterocycles. The predicted octanol–water partition coefficient (Wildman–Crippen LogP) is 3.77. The Morgan fingerprint density at radius 1 is 1.10 bits per heavy atom. The molecular formula is C18H22FNO. The van der Waals surface area contributed by atoms with Gasteiger partial charge in [0.25, 0.3) is 0 Å². The maximum atomic E-state index is 13.3. The monoisotopic (exact) mass is 287 g/mol. The maximum absolute atomic E-state index is 13.3. The van der Waals surface area contributed by atoms with Crippen LogP contribution < -0.4 is 5.32 Å². The molecule has 0 aliphatic rings. The van der Waals surface area contributed by atoms with Crippen molar-refractivity contribution in [2.24, 2.45) is 0 Å². The minimum Gasteiger partial charge on any atom is -0.394 e. The topological polar surface area (TPSA) is 32.3 Å². The normalized spacial score (nSPS) is 13.9. The minimum absolute atomic E-state index is 0.00509. The number of halogens is 1. The van der Waals surface area contributed by atoms with Crippen molar-refractivity contribution in [3.8, 4) is 0 Å². The number of benzene rings is 2. The summed E-state index contributed by atoms with van der Waals surface area (Å²) in [4.78, 5) is 0. The van der Waals surface area contributed by atoms with Crippen LogP contribution in [0, 0.1) is 5.82 Å². The van der Waals surface area contributed by atoms with E-state index < -0.39 is 0 Å². The molecule has 3 heteroatoms. The van der Waals surface area contributed by atoms with E-state index in [0.29, 0.717) is 0 Å². The molecule has 112 valence electrons. The first-order valence-electron chi connectivity index (χ1n) is 7.35. The Morgan fingerprint density at radius 3 is 2.38 bits per heavy atom. The largest absolute Gasteiger partial charge is 0.394 e. The third kappa shape index (κ3) is 4.13. The van der Waals surface area contributed by atoms with E-state index in [4.69, 9.17) is 0 Å². The molecule has 0 saturated carbocycles. The van der Waals surface area contributed by atoms with Gasteiger partial charge in [-0.25, -0.2) is 4.39 Å². The van der Waals surface area contributed by atoms with E-state index in [1.165, 1.54) is 17.7 Å². The van der Waals surface area contributed by atoms with Gasteiger partial charge < -0.3 is 10.4 Å². The molecule has 0 saturated heterocycles. The van der Waals surface area contributed by atoms with Crippen LogP contribution in [0.15, 0.2) is 48.5 Å². The SMILES string of the molecule is CCc1ccc(C(CO)NC(C)c2cccc(F)c2)cc1. The molecule has 0 aromatic heterocycles. The number of rotatable bonds is 6. The lowest BCUT2D eigenvalue weighted by atomic mass is 10.0. The molecule has 0 amide bonds. The van der Waals surface area contributed by atoms with Gasteiger partial charge in [0, 0.05) is 6.04 Å². The third-order valence-electron chi connectivity index (χ3n) is 3.77. The molecule has 0 fully saturated rings. The molecule has 2 atom stereocenters. The van der Waals surface area contributed by atoms with Gasteiger partial charge in [0.2, 0.25) is 0 Å². The van der Waals surface area contributed by atoms with Gasteiger partial charge >= 0.3 is 0 Å². The number of nitrogens with one attached hydrogen (secondary N) is 1. The summed E-state index contributed by atoms with van der Waals surface area (Å²) in [5.41, 5.74) is 3.19. The third-order valence-corrected chi connectivity index (χ3v) is 3.77. The molecule has 2 nitrogen and oxygen atoms in total. The lowest BCUT2D eigenvalue weighted by Gasteiger charge is -2.22. The molecular weight excluding hydrogens is 265 g/mol. The van der Waals surface area contributed by atoms with Gasteiger partial charge in [-0.1, -0.05) is 43.3 Å². The van der Waals surface area contributed by atoms with Gasteiger partial charge in [0.15, 0.2) is 0 Å². The van der Waals surface area contributed by atoms with E-state index in [9.17, 15) is 9.50 Å². The van der Waals surface area contributed by atoms with Crippen LogP contribution in [0.3, 0.4) is 0 Å². The quantitative estimate of drug-likeness (QED) is 0.847. The smallest absolute Gasteiger partial charge is 0.123 e. The second kappa shape index (κ2) is 7.34. The second-order valence-electron chi connectivity index (χ2n) is 5.27. The number of aryl methyl sites for hydroxylation is 1. The van der Waals surface area contributed by atoms with E-state index in [0.717, 1.165) is 17.5 Å². The molecule has 2 aromatic carbocycles. The van der Waals surface area contributed by atoms with Crippen molar-refractivity contribution in [2.45, 2.75) is 32.4 Å². The Balaban J connectivity index is 2.10. The van der Waals surface area contributed by atoms with Gasteiger partial charge in [0.1, 0.15) is 5.82 Å². The van der Waals surface area contributed by atoms with Crippen LogP contribution in [0.4, 0.5) is 4.39 Å². The minimum atomic E-state index is -0.242. The van der Waals surface area contributed by atoms with Gasteiger partial charge in [-0.2, -0.15) is 0 Å². The number of hydrogen-bond acceptors (Lipinski definition) is 2.